The Morgan fingerprint density at radius 1 is 1.10 bits per heavy atom. The summed E-state index contributed by atoms with van der Waals surface area (Å²) in [5, 5.41) is 5.14. The quantitative estimate of drug-likeness (QED) is 0.510. The molecule has 2 heterocycles. The molecule has 0 aliphatic carbocycles. The molecule has 0 aliphatic heterocycles. The van der Waals surface area contributed by atoms with Crippen LogP contribution in [-0.4, -0.2) is 27.6 Å². The number of halogens is 1. The van der Waals surface area contributed by atoms with Crippen LogP contribution in [0.5, 0.6) is 5.75 Å². The van der Waals surface area contributed by atoms with Crippen LogP contribution in [0.3, 0.4) is 0 Å². The van der Waals surface area contributed by atoms with Crippen molar-refractivity contribution in [2.75, 3.05) is 7.11 Å². The Bertz CT molecular complexity index is 1410. The van der Waals surface area contributed by atoms with Crippen molar-refractivity contribution in [2.45, 2.75) is 13.8 Å². The second kappa shape index (κ2) is 7.68. The average Bonchev–Trinajstić information content (AvgIpc) is 3.01. The number of nitrogens with zero attached hydrogens (tertiary/aromatic N) is 3. The van der Waals surface area contributed by atoms with Crippen LogP contribution in [0, 0.1) is 13.8 Å². The van der Waals surface area contributed by atoms with Gasteiger partial charge in [-0.05, 0) is 50.2 Å². The molecule has 0 fully saturated rings. The Labute approximate surface area is 176 Å². The lowest BCUT2D eigenvalue weighted by Crippen LogP contribution is -2.32. The van der Waals surface area contributed by atoms with E-state index in [-0.39, 0.29) is 0 Å². The fourth-order valence-electron chi connectivity index (χ4n) is 3.50. The Balaban J connectivity index is 1.82. The van der Waals surface area contributed by atoms with Crippen LogP contribution in [0.4, 0.5) is 0 Å². The first-order valence-corrected chi connectivity index (χ1v) is 9.60. The molecule has 0 saturated carbocycles. The third-order valence-electron chi connectivity index (χ3n) is 4.95. The minimum absolute atomic E-state index is 0.392. The van der Waals surface area contributed by atoms with Crippen molar-refractivity contribution in [3.63, 3.8) is 0 Å². The van der Waals surface area contributed by atoms with Gasteiger partial charge in [-0.1, -0.05) is 23.7 Å². The molecule has 30 heavy (non-hydrogen) atoms. The number of nitrogens with one attached hydrogen (secondary N) is 1. The van der Waals surface area contributed by atoms with Crippen LogP contribution in [0.1, 0.15) is 17.0 Å². The number of methoxy groups -OCH3 is 1. The molecule has 4 aromatic rings. The number of para-hydroxylation sites is 1. The maximum atomic E-state index is 12.7. The maximum absolute atomic E-state index is 12.7. The smallest absolute Gasteiger partial charge is 0.349 e. The van der Waals surface area contributed by atoms with E-state index in [4.69, 9.17) is 16.3 Å². The molecule has 0 amide bonds. The summed E-state index contributed by atoms with van der Waals surface area (Å²) < 4.78 is 8.29. The Kier molecular flexibility index (Phi) is 5.05. The minimum atomic E-state index is -0.597. The van der Waals surface area contributed by atoms with Crippen LogP contribution in [0.2, 0.25) is 5.02 Å². The Morgan fingerprint density at radius 2 is 1.87 bits per heavy atom. The van der Waals surface area contributed by atoms with Crippen molar-refractivity contribution in [3.05, 3.63) is 91.3 Å². The molecule has 1 N–H and O–H groups in total. The summed E-state index contributed by atoms with van der Waals surface area (Å²) in [6.45, 7) is 3.86. The molecule has 2 aromatic carbocycles. The van der Waals surface area contributed by atoms with Gasteiger partial charge in [0.2, 0.25) is 0 Å². The molecule has 4 rings (SSSR count). The van der Waals surface area contributed by atoms with E-state index in [1.54, 1.807) is 43.5 Å². The SMILES string of the molecule is COc1ccc(Cl)cc1-n1c(C)cc(C=Nn2c(=O)[nH]c3ccccc3c2=O)c1C. The van der Waals surface area contributed by atoms with Gasteiger partial charge in [-0.3, -0.25) is 4.79 Å². The van der Waals surface area contributed by atoms with Gasteiger partial charge in [-0.2, -0.15) is 5.10 Å². The third kappa shape index (κ3) is 3.33. The molecule has 0 aliphatic rings. The molecule has 7 nitrogen and oxygen atoms in total. The predicted molar refractivity (Wildman–Crippen MR) is 119 cm³/mol. The van der Waals surface area contributed by atoms with E-state index < -0.39 is 11.2 Å². The summed E-state index contributed by atoms with van der Waals surface area (Å²) in [6.07, 6.45) is 1.50. The topological polar surface area (TPSA) is 81.4 Å². The first kappa shape index (κ1) is 19.7. The number of rotatable bonds is 4. The Hall–Kier alpha value is -3.58. The zero-order valence-electron chi connectivity index (χ0n) is 16.6. The van der Waals surface area contributed by atoms with Crippen molar-refractivity contribution in [2.24, 2.45) is 5.10 Å². The van der Waals surface area contributed by atoms with E-state index >= 15 is 0 Å². The summed E-state index contributed by atoms with van der Waals surface area (Å²) in [7, 11) is 1.60. The molecule has 0 atom stereocenters. The molecular weight excluding hydrogens is 404 g/mol. The van der Waals surface area contributed by atoms with Crippen LogP contribution in [0.15, 0.2) is 63.2 Å². The number of fused-ring (bicyclic) bond motifs is 1. The number of hydrogen-bond donors (Lipinski definition) is 1. The summed E-state index contributed by atoms with van der Waals surface area (Å²) in [5.41, 5.74) is 2.74. The zero-order valence-corrected chi connectivity index (χ0v) is 17.4. The molecule has 0 spiro atoms. The second-order valence-corrected chi connectivity index (χ2v) is 7.25. The van der Waals surface area contributed by atoms with Gasteiger partial charge in [0.25, 0.3) is 5.56 Å². The zero-order chi connectivity index (χ0) is 21.4. The minimum Gasteiger partial charge on any atom is -0.495 e. The van der Waals surface area contributed by atoms with Crippen LogP contribution in [-0.2, 0) is 0 Å². The number of aromatic nitrogens is 3. The molecule has 8 heteroatoms. The Morgan fingerprint density at radius 3 is 2.63 bits per heavy atom. The van der Waals surface area contributed by atoms with Gasteiger partial charge >= 0.3 is 5.69 Å². The molecule has 0 radical (unpaired) electrons. The first-order valence-electron chi connectivity index (χ1n) is 9.22. The van der Waals surface area contributed by atoms with Gasteiger partial charge in [0, 0.05) is 22.0 Å². The third-order valence-corrected chi connectivity index (χ3v) is 5.18. The van der Waals surface area contributed by atoms with Gasteiger partial charge in [0.15, 0.2) is 0 Å². The van der Waals surface area contributed by atoms with E-state index in [0.29, 0.717) is 21.7 Å². The lowest BCUT2D eigenvalue weighted by Gasteiger charge is -2.14. The maximum Gasteiger partial charge on any atom is 0.349 e. The van der Waals surface area contributed by atoms with Gasteiger partial charge in [-0.15, -0.1) is 4.68 Å². The fraction of sp³-hybridized carbons (Fsp3) is 0.136. The van der Waals surface area contributed by atoms with E-state index in [0.717, 1.165) is 27.3 Å². The monoisotopic (exact) mass is 422 g/mol. The molecule has 0 unspecified atom stereocenters. The standard InChI is InChI=1S/C22H19ClN4O3/c1-13-10-15(14(2)26(13)19-11-16(23)8-9-20(19)30-3)12-24-27-21(28)17-6-4-5-7-18(17)25-22(27)29/h4-12H,1-3H3,(H,25,29). The molecule has 0 bridgehead atoms. The van der Waals surface area contributed by atoms with Gasteiger partial charge in [0.1, 0.15) is 5.75 Å². The lowest BCUT2D eigenvalue weighted by molar-refractivity contribution is 0.412. The highest BCUT2D eigenvalue weighted by Crippen LogP contribution is 2.30. The summed E-state index contributed by atoms with van der Waals surface area (Å²) >= 11 is 6.19. The first-order chi connectivity index (χ1) is 14.4. The van der Waals surface area contributed by atoms with Crippen molar-refractivity contribution < 1.29 is 4.74 Å². The summed E-state index contributed by atoms with van der Waals surface area (Å²) in [6, 6.07) is 14.1. The highest BCUT2D eigenvalue weighted by molar-refractivity contribution is 6.30. The highest BCUT2D eigenvalue weighted by atomic mass is 35.5. The predicted octanol–water partition coefficient (Wildman–Crippen LogP) is 3.64. The number of ether oxygens (including phenoxy) is 1. The van der Waals surface area contributed by atoms with Crippen molar-refractivity contribution >= 4 is 28.7 Å². The molecule has 2 aromatic heterocycles. The van der Waals surface area contributed by atoms with Gasteiger partial charge < -0.3 is 14.3 Å². The van der Waals surface area contributed by atoms with Crippen LogP contribution < -0.4 is 16.0 Å². The van der Waals surface area contributed by atoms with Crippen molar-refractivity contribution in [1.29, 1.82) is 0 Å². The summed E-state index contributed by atoms with van der Waals surface area (Å²) in [4.78, 5) is 27.7. The van der Waals surface area contributed by atoms with Crippen LogP contribution in [0.25, 0.3) is 16.6 Å². The number of hydrogen-bond acceptors (Lipinski definition) is 4. The summed E-state index contributed by atoms with van der Waals surface area (Å²) in [5.74, 6) is 0.673. The lowest BCUT2D eigenvalue weighted by atomic mass is 10.2. The van der Waals surface area contributed by atoms with E-state index in [9.17, 15) is 9.59 Å². The largest absolute Gasteiger partial charge is 0.495 e. The fourth-order valence-corrected chi connectivity index (χ4v) is 3.67. The van der Waals surface area contributed by atoms with Gasteiger partial charge in [-0.25, -0.2) is 4.79 Å². The normalized spacial score (nSPS) is 11.5. The molecular formula is C22H19ClN4O3. The molecule has 0 saturated heterocycles. The van der Waals surface area contributed by atoms with Crippen LogP contribution >= 0.6 is 11.6 Å². The number of H-pyrrole nitrogens is 1. The van der Waals surface area contributed by atoms with E-state index in [2.05, 4.69) is 10.1 Å². The number of aromatic amines is 1. The van der Waals surface area contributed by atoms with E-state index in [1.807, 2.05) is 30.5 Å². The van der Waals surface area contributed by atoms with Crippen molar-refractivity contribution in [1.82, 2.24) is 14.2 Å². The second-order valence-electron chi connectivity index (χ2n) is 6.82. The van der Waals surface area contributed by atoms with Crippen molar-refractivity contribution in [3.8, 4) is 11.4 Å². The highest BCUT2D eigenvalue weighted by Gasteiger charge is 2.14. The number of benzene rings is 2. The van der Waals surface area contributed by atoms with Gasteiger partial charge in [0.05, 0.1) is 29.9 Å². The average molecular weight is 423 g/mol. The number of aryl methyl sites for hydroxylation is 1. The molecule has 152 valence electrons. The van der Waals surface area contributed by atoms with E-state index in [1.165, 1.54) is 6.21 Å².